The molecule has 0 spiro atoms. The molecule has 0 aromatic carbocycles. The molecule has 1 aliphatic heterocycles. The van der Waals surface area contributed by atoms with E-state index in [1.54, 1.807) is 11.1 Å². The summed E-state index contributed by atoms with van der Waals surface area (Å²) in [7, 11) is 0. The number of nitrogens with zero attached hydrogens (tertiary/aromatic N) is 1. The molecule has 2 nitrogen and oxygen atoms in total. The van der Waals surface area contributed by atoms with Crippen LogP contribution in [0.15, 0.2) is 12.8 Å². The summed E-state index contributed by atoms with van der Waals surface area (Å²) >= 11 is 2.73. The Bertz CT molecular complexity index is 176. The average Bonchev–Trinajstić information content (AvgIpc) is 2.15. The maximum atomic E-state index is 10.9. The van der Waals surface area contributed by atoms with Crippen LogP contribution in [0.1, 0.15) is 6.42 Å². The van der Waals surface area contributed by atoms with Crippen molar-refractivity contribution in [3.63, 3.8) is 0 Å². The van der Waals surface area contributed by atoms with Gasteiger partial charge in [-0.2, -0.15) is 0 Å². The molecule has 9 heavy (non-hydrogen) atoms. The van der Waals surface area contributed by atoms with E-state index in [0.717, 1.165) is 17.4 Å². The van der Waals surface area contributed by atoms with Crippen molar-refractivity contribution >= 4 is 25.9 Å². The monoisotopic (exact) mass is 189 g/mol. The summed E-state index contributed by atoms with van der Waals surface area (Å²) in [5, 5.41) is 0. The van der Waals surface area contributed by atoms with Crippen LogP contribution >= 0.6 is 0 Å². The second-order valence-electron chi connectivity index (χ2n) is 1.85. The van der Waals surface area contributed by atoms with Crippen LogP contribution in [-0.4, -0.2) is 37.3 Å². The Labute approximate surface area is 61.9 Å². The van der Waals surface area contributed by atoms with Crippen LogP contribution < -0.4 is 0 Å². The topological polar surface area (TPSA) is 20.3 Å². The Hall–Kier alpha value is -0.401. The molecule has 48 valence electrons. The van der Waals surface area contributed by atoms with E-state index in [1.807, 2.05) is 0 Å². The van der Waals surface area contributed by atoms with Crippen molar-refractivity contribution in [2.24, 2.45) is 0 Å². The summed E-state index contributed by atoms with van der Waals surface area (Å²) in [6.07, 6.45) is 2.40. The molecule has 3 heteroatoms. The van der Waals surface area contributed by atoms with E-state index < -0.39 is 0 Å². The summed E-state index contributed by atoms with van der Waals surface area (Å²) in [4.78, 5) is 12.5. The number of hydrogen-bond acceptors (Lipinski definition) is 1. The van der Waals surface area contributed by atoms with Gasteiger partial charge in [-0.25, -0.2) is 0 Å². The van der Waals surface area contributed by atoms with Gasteiger partial charge < -0.3 is 0 Å². The van der Waals surface area contributed by atoms with Crippen LogP contribution in [0.4, 0.5) is 0 Å². The van der Waals surface area contributed by atoms with E-state index in [1.165, 1.54) is 0 Å². The quantitative estimate of drug-likeness (QED) is 0.517. The molecule has 0 radical (unpaired) electrons. The van der Waals surface area contributed by atoms with Gasteiger partial charge >= 0.3 is 61.3 Å². The van der Waals surface area contributed by atoms with Crippen molar-refractivity contribution < 1.29 is 4.79 Å². The van der Waals surface area contributed by atoms with Gasteiger partial charge in [-0.3, -0.25) is 0 Å². The van der Waals surface area contributed by atoms with Gasteiger partial charge in [0.2, 0.25) is 0 Å². The molecule has 1 fully saturated rings. The van der Waals surface area contributed by atoms with Gasteiger partial charge in [-0.05, 0) is 0 Å². The van der Waals surface area contributed by atoms with Crippen LogP contribution in [0.5, 0.6) is 0 Å². The zero-order valence-electron chi connectivity index (χ0n) is 4.96. The predicted molar refractivity (Wildman–Crippen MR) is 37.3 cm³/mol. The van der Waals surface area contributed by atoms with Crippen LogP contribution in [0.3, 0.4) is 0 Å². The fraction of sp³-hybridized carbons (Fsp3) is 0.333. The molecule has 0 unspecified atom stereocenters. The van der Waals surface area contributed by atoms with Crippen LogP contribution in [0.25, 0.3) is 0 Å². The van der Waals surface area contributed by atoms with E-state index in [9.17, 15) is 4.79 Å². The number of rotatable bonds is 1. The molecule has 0 aromatic rings. The molecule has 1 aliphatic rings. The Morgan fingerprint density at radius 3 is 2.67 bits per heavy atom. The van der Waals surface area contributed by atoms with Gasteiger partial charge in [-0.15, -0.1) is 0 Å². The van der Waals surface area contributed by atoms with Crippen LogP contribution in [0, 0.1) is 0 Å². The van der Waals surface area contributed by atoms with Gasteiger partial charge in [0.25, 0.3) is 0 Å². The molecule has 0 saturated carbocycles. The van der Waals surface area contributed by atoms with Gasteiger partial charge in [0.05, 0.1) is 0 Å². The van der Waals surface area contributed by atoms with Crippen molar-refractivity contribution in [2.45, 2.75) is 6.42 Å². The molecule has 0 bridgehead atoms. The summed E-state index contributed by atoms with van der Waals surface area (Å²) < 4.78 is 0.815. The Morgan fingerprint density at radius 2 is 2.44 bits per heavy atom. The second-order valence-corrected chi connectivity index (χ2v) is 2.89. The minimum absolute atomic E-state index is 0.0741. The van der Waals surface area contributed by atoms with E-state index in [4.69, 9.17) is 0 Å². The SMILES string of the molecule is C=CN1CCC(=[Se])C1=O. The number of hydrogen-bond donors (Lipinski definition) is 0. The molecule has 0 N–H and O–H groups in total. The zero-order valence-corrected chi connectivity index (χ0v) is 6.68. The Balaban J connectivity index is 2.73. The second kappa shape index (κ2) is 2.46. The summed E-state index contributed by atoms with van der Waals surface area (Å²) in [6, 6.07) is 0. The van der Waals surface area contributed by atoms with Crippen molar-refractivity contribution in [1.82, 2.24) is 4.90 Å². The fourth-order valence-electron chi connectivity index (χ4n) is 0.765. The zero-order chi connectivity index (χ0) is 6.85. The van der Waals surface area contributed by atoms with Gasteiger partial charge in [0, 0.05) is 0 Å². The molecular formula is C6H7NOSe. The third-order valence-electron chi connectivity index (χ3n) is 1.30. The van der Waals surface area contributed by atoms with Crippen LogP contribution in [-0.2, 0) is 4.79 Å². The van der Waals surface area contributed by atoms with Crippen molar-refractivity contribution in [1.29, 1.82) is 0 Å². The van der Waals surface area contributed by atoms with Gasteiger partial charge in [0.15, 0.2) is 0 Å². The normalized spacial score (nSPS) is 18.9. The van der Waals surface area contributed by atoms with Crippen molar-refractivity contribution in [2.75, 3.05) is 6.54 Å². The first-order valence-electron chi connectivity index (χ1n) is 2.72. The standard InChI is InChI=1S/C6H7NOSe/c1-2-7-4-3-5(9)6(7)8/h2H,1,3-4H2. The molecule has 1 saturated heterocycles. The van der Waals surface area contributed by atoms with E-state index >= 15 is 0 Å². The maximum absolute atomic E-state index is 10.9. The van der Waals surface area contributed by atoms with E-state index in [0.29, 0.717) is 0 Å². The first-order valence-corrected chi connectivity index (χ1v) is 3.57. The van der Waals surface area contributed by atoms with Crippen molar-refractivity contribution in [3.05, 3.63) is 12.8 Å². The first-order chi connectivity index (χ1) is 4.25. The molecule has 0 atom stereocenters. The molecule has 1 rings (SSSR count). The summed E-state index contributed by atoms with van der Waals surface area (Å²) in [5.41, 5.74) is 0. The Kier molecular flexibility index (Phi) is 1.84. The Morgan fingerprint density at radius 1 is 1.78 bits per heavy atom. The molecule has 0 aliphatic carbocycles. The van der Waals surface area contributed by atoms with Crippen LogP contribution in [0.2, 0.25) is 0 Å². The summed E-state index contributed by atoms with van der Waals surface area (Å²) in [6.45, 7) is 4.29. The van der Waals surface area contributed by atoms with E-state index in [-0.39, 0.29) is 5.91 Å². The van der Waals surface area contributed by atoms with E-state index in [2.05, 4.69) is 22.2 Å². The predicted octanol–water partition coefficient (Wildman–Crippen LogP) is -0.297. The third-order valence-corrected chi connectivity index (χ3v) is 2.09. The summed E-state index contributed by atoms with van der Waals surface area (Å²) in [5.74, 6) is 0.0741. The number of amides is 1. The minimum atomic E-state index is 0.0741. The molecule has 1 amide bonds. The fourth-order valence-corrected chi connectivity index (χ4v) is 1.20. The number of carbonyl (C=O) groups is 1. The van der Waals surface area contributed by atoms with Crippen molar-refractivity contribution in [3.8, 4) is 0 Å². The van der Waals surface area contributed by atoms with Gasteiger partial charge in [-0.1, -0.05) is 0 Å². The molecule has 1 heterocycles. The van der Waals surface area contributed by atoms with Gasteiger partial charge in [0.1, 0.15) is 0 Å². The number of likely N-dealkylation sites (tertiary alicyclic amines) is 1. The first kappa shape index (κ1) is 6.72. The molecular weight excluding hydrogens is 181 g/mol. The third kappa shape index (κ3) is 1.12. The average molecular weight is 188 g/mol. The molecule has 0 aromatic heterocycles. The number of carbonyl (C=O) groups excluding carboxylic acids is 1.